The Labute approximate surface area is 354 Å². The standard InChI is InChI=1S/C44H54FN11O5/c1-26(2)23-35(40(59)53-34(38(46)57)9-6-22-51-43(47)48)55-42(61)37(25-28-12-20-33(21-13-28)52-44(49)50)56-41(60)36(24-27-10-18-32(45)19-11-27)54-39(58)31-16-14-30(15-17-31)29-7-4-3-5-8-29/h3-5,7-8,10-21,26,34-37H,6,9,22-25H2,1-2H3,(H2,46,57)(H,53,59)(H,54,58)(H,55,61)(H,56,60)(H4,47,48,51)(H4,49,50,52)/t34-,35-,36-,37-/m0/s1. The number of benzene rings is 4. The smallest absolute Gasteiger partial charge is 0.251 e. The molecular formula is C44H54FN11O5. The maximum absolute atomic E-state index is 14.3. The first-order valence-electron chi connectivity index (χ1n) is 19.7. The van der Waals surface area contributed by atoms with Crippen molar-refractivity contribution in [1.29, 1.82) is 0 Å². The van der Waals surface area contributed by atoms with Crippen molar-refractivity contribution in [3.8, 4) is 11.1 Å². The highest BCUT2D eigenvalue weighted by Crippen LogP contribution is 2.20. The van der Waals surface area contributed by atoms with E-state index in [2.05, 4.69) is 31.3 Å². The fourth-order valence-corrected chi connectivity index (χ4v) is 6.36. The lowest BCUT2D eigenvalue weighted by atomic mass is 9.99. The number of nitrogens with zero attached hydrogens (tertiary/aromatic N) is 2. The first-order valence-corrected chi connectivity index (χ1v) is 19.7. The summed E-state index contributed by atoms with van der Waals surface area (Å²) in [6, 6.07) is 23.7. The van der Waals surface area contributed by atoms with E-state index in [1.807, 2.05) is 44.2 Å². The monoisotopic (exact) mass is 835 g/mol. The van der Waals surface area contributed by atoms with Crippen LogP contribution < -0.4 is 49.9 Å². The summed E-state index contributed by atoms with van der Waals surface area (Å²) in [5.74, 6) is -4.33. The van der Waals surface area contributed by atoms with Gasteiger partial charge in [0.15, 0.2) is 11.9 Å². The summed E-state index contributed by atoms with van der Waals surface area (Å²) < 4.78 is 13.9. The first-order chi connectivity index (χ1) is 29.1. The zero-order chi connectivity index (χ0) is 44.5. The second-order valence-electron chi connectivity index (χ2n) is 14.9. The van der Waals surface area contributed by atoms with Gasteiger partial charge in [0, 0.05) is 24.9 Å². The summed E-state index contributed by atoms with van der Waals surface area (Å²) in [5.41, 5.74) is 31.1. The lowest BCUT2D eigenvalue weighted by Gasteiger charge is -2.27. The molecule has 0 unspecified atom stereocenters. The highest BCUT2D eigenvalue weighted by molar-refractivity contribution is 5.99. The largest absolute Gasteiger partial charge is 0.370 e. The number of carbonyl (C=O) groups is 5. The quantitative estimate of drug-likeness (QED) is 0.0337. The van der Waals surface area contributed by atoms with E-state index < -0.39 is 59.5 Å². The molecule has 0 aromatic heterocycles. The molecule has 322 valence electrons. The molecule has 5 amide bonds. The Hall–Kier alpha value is -7.30. The summed E-state index contributed by atoms with van der Waals surface area (Å²) in [5, 5.41) is 11.0. The van der Waals surface area contributed by atoms with Gasteiger partial charge in [0.2, 0.25) is 23.6 Å². The van der Waals surface area contributed by atoms with E-state index in [1.165, 1.54) is 24.3 Å². The third-order valence-corrected chi connectivity index (χ3v) is 9.44. The van der Waals surface area contributed by atoms with Crippen molar-refractivity contribution >= 4 is 47.1 Å². The molecule has 0 radical (unpaired) electrons. The zero-order valence-electron chi connectivity index (χ0n) is 34.1. The van der Waals surface area contributed by atoms with Crippen molar-refractivity contribution in [2.45, 2.75) is 70.1 Å². The van der Waals surface area contributed by atoms with Gasteiger partial charge in [0.25, 0.3) is 5.91 Å². The lowest BCUT2D eigenvalue weighted by Crippen LogP contribution is -2.59. The third kappa shape index (κ3) is 15.4. The molecule has 0 aliphatic rings. The number of primary amides is 1. The van der Waals surface area contributed by atoms with E-state index in [0.717, 1.165) is 11.1 Å². The van der Waals surface area contributed by atoms with Crippen molar-refractivity contribution in [2.24, 2.45) is 44.6 Å². The maximum atomic E-state index is 14.3. The van der Waals surface area contributed by atoms with Gasteiger partial charge in [-0.1, -0.05) is 80.6 Å². The number of carbonyl (C=O) groups excluding carboxylic acids is 5. The Kier molecular flexibility index (Phi) is 17.3. The normalized spacial score (nSPS) is 12.8. The summed E-state index contributed by atoms with van der Waals surface area (Å²) in [4.78, 5) is 76.2. The highest BCUT2D eigenvalue weighted by atomic mass is 19.1. The van der Waals surface area contributed by atoms with Gasteiger partial charge in [-0.15, -0.1) is 0 Å². The number of halogens is 1. The molecule has 0 saturated heterocycles. The van der Waals surface area contributed by atoms with Gasteiger partial charge in [-0.3, -0.25) is 29.0 Å². The first kappa shape index (κ1) is 46.4. The molecule has 4 atom stereocenters. The minimum absolute atomic E-state index is 0.0580. The second kappa shape index (κ2) is 22.7. The molecule has 4 aromatic rings. The predicted octanol–water partition coefficient (Wildman–Crippen LogP) is 2.02. The summed E-state index contributed by atoms with van der Waals surface area (Å²) >= 11 is 0. The molecule has 17 heteroatoms. The van der Waals surface area contributed by atoms with Crippen LogP contribution in [0.15, 0.2) is 113 Å². The van der Waals surface area contributed by atoms with E-state index in [-0.39, 0.29) is 55.6 Å². The van der Waals surface area contributed by atoms with Crippen molar-refractivity contribution < 1.29 is 28.4 Å². The second-order valence-corrected chi connectivity index (χ2v) is 14.9. The van der Waals surface area contributed by atoms with E-state index in [4.69, 9.17) is 28.7 Å². The van der Waals surface area contributed by atoms with Gasteiger partial charge in [-0.25, -0.2) is 9.38 Å². The van der Waals surface area contributed by atoms with Crippen molar-refractivity contribution in [3.63, 3.8) is 0 Å². The van der Waals surface area contributed by atoms with E-state index in [0.29, 0.717) is 23.2 Å². The minimum Gasteiger partial charge on any atom is -0.370 e. The van der Waals surface area contributed by atoms with Crippen LogP contribution in [0.5, 0.6) is 0 Å². The SMILES string of the molecule is CC(C)C[C@H](NC(=O)[C@H](Cc1ccc(N=C(N)N)cc1)NC(=O)[C@H](Cc1ccc(F)cc1)NC(=O)c1ccc(-c2ccccc2)cc1)C(=O)N[C@@H](CCCN=C(N)N)C(N)=O. The average molecular weight is 836 g/mol. The molecule has 61 heavy (non-hydrogen) atoms. The Bertz CT molecular complexity index is 2160. The van der Waals surface area contributed by atoms with Gasteiger partial charge in [-0.05, 0) is 83.8 Å². The molecule has 0 aliphatic heterocycles. The third-order valence-electron chi connectivity index (χ3n) is 9.44. The van der Waals surface area contributed by atoms with Crippen molar-refractivity contribution in [1.82, 2.24) is 21.3 Å². The fraction of sp³-hybridized carbons (Fsp3) is 0.295. The summed E-state index contributed by atoms with van der Waals surface area (Å²) in [6.45, 7) is 3.90. The molecule has 14 N–H and O–H groups in total. The van der Waals surface area contributed by atoms with E-state index in [1.54, 1.807) is 48.5 Å². The molecule has 0 saturated carbocycles. The molecule has 0 aliphatic carbocycles. The number of hydrogen-bond acceptors (Lipinski definition) is 7. The van der Waals surface area contributed by atoms with Gasteiger partial charge < -0.3 is 49.9 Å². The van der Waals surface area contributed by atoms with Crippen LogP contribution in [0.3, 0.4) is 0 Å². The number of guanidine groups is 2. The van der Waals surface area contributed by atoms with Crippen LogP contribution in [0, 0.1) is 11.7 Å². The average Bonchev–Trinajstić information content (AvgIpc) is 3.22. The van der Waals surface area contributed by atoms with Crippen LogP contribution in [-0.4, -0.2) is 72.2 Å². The maximum Gasteiger partial charge on any atom is 0.251 e. The van der Waals surface area contributed by atoms with Crippen LogP contribution in [0.1, 0.15) is 54.6 Å². The molecule has 16 nitrogen and oxygen atoms in total. The molecule has 4 rings (SSSR count). The summed E-state index contributed by atoms with van der Waals surface area (Å²) in [6.07, 6.45) is 0.502. The highest BCUT2D eigenvalue weighted by Gasteiger charge is 2.32. The van der Waals surface area contributed by atoms with Gasteiger partial charge in [0.1, 0.15) is 30.0 Å². The van der Waals surface area contributed by atoms with Crippen LogP contribution in [-0.2, 0) is 32.0 Å². The minimum atomic E-state index is -1.30. The zero-order valence-corrected chi connectivity index (χ0v) is 34.1. The number of aliphatic imine (C=N–C) groups is 2. The molecule has 0 bridgehead atoms. The van der Waals surface area contributed by atoms with E-state index >= 15 is 0 Å². The van der Waals surface area contributed by atoms with Gasteiger partial charge in [-0.2, -0.15) is 0 Å². The number of amides is 5. The van der Waals surface area contributed by atoms with Crippen LogP contribution in [0.25, 0.3) is 11.1 Å². The Morgan fingerprint density at radius 1 is 0.590 bits per heavy atom. The summed E-state index contributed by atoms with van der Waals surface area (Å²) in [7, 11) is 0. The van der Waals surface area contributed by atoms with E-state index in [9.17, 15) is 28.4 Å². The lowest BCUT2D eigenvalue weighted by molar-refractivity contribution is -0.134. The number of nitrogens with one attached hydrogen (secondary N) is 4. The molecular weight excluding hydrogens is 782 g/mol. The fourth-order valence-electron chi connectivity index (χ4n) is 6.36. The van der Waals surface area contributed by atoms with Crippen LogP contribution in [0.4, 0.5) is 10.1 Å². The number of hydrogen-bond donors (Lipinski definition) is 9. The van der Waals surface area contributed by atoms with Crippen LogP contribution in [0.2, 0.25) is 0 Å². The van der Waals surface area contributed by atoms with Crippen molar-refractivity contribution in [3.05, 3.63) is 126 Å². The number of nitrogens with two attached hydrogens (primary N) is 5. The van der Waals surface area contributed by atoms with Crippen LogP contribution >= 0.6 is 0 Å². The Morgan fingerprint density at radius 2 is 1.10 bits per heavy atom. The molecule has 4 aromatic carbocycles. The van der Waals surface area contributed by atoms with Gasteiger partial charge in [0.05, 0.1) is 5.69 Å². The topological polar surface area (TPSA) is 288 Å². The Balaban J connectivity index is 1.62. The molecule has 0 spiro atoms. The predicted molar refractivity (Wildman–Crippen MR) is 233 cm³/mol. The molecule has 0 heterocycles. The Morgan fingerprint density at radius 3 is 1.64 bits per heavy atom. The van der Waals surface area contributed by atoms with Crippen molar-refractivity contribution in [2.75, 3.05) is 6.54 Å². The molecule has 0 fully saturated rings. The number of rotatable bonds is 21. The van der Waals surface area contributed by atoms with Gasteiger partial charge >= 0.3 is 0 Å².